The highest BCUT2D eigenvalue weighted by Crippen LogP contribution is 2.29. The molecule has 0 amide bonds. The summed E-state index contributed by atoms with van der Waals surface area (Å²) in [7, 11) is 0. The summed E-state index contributed by atoms with van der Waals surface area (Å²) in [4.78, 5) is 3.92. The van der Waals surface area contributed by atoms with Gasteiger partial charge >= 0.3 is 0 Å². The number of aromatic nitrogens is 1. The molecule has 0 atom stereocenters. The SMILES string of the molecule is Clc1ccc2c(Cl)cnc(Cl)c2c1. The number of pyridine rings is 1. The molecule has 2 rings (SSSR count). The van der Waals surface area contributed by atoms with Gasteiger partial charge in [-0.3, -0.25) is 0 Å². The molecule has 2 aromatic rings. The minimum atomic E-state index is 0.418. The third-order valence-electron chi connectivity index (χ3n) is 1.75. The molecule has 1 aromatic carbocycles. The number of halogens is 3. The highest BCUT2D eigenvalue weighted by atomic mass is 35.5. The lowest BCUT2D eigenvalue weighted by Crippen LogP contribution is -1.80. The molecule has 1 heterocycles. The normalized spacial score (nSPS) is 10.7. The summed E-state index contributed by atoms with van der Waals surface area (Å²) in [5.74, 6) is 0. The lowest BCUT2D eigenvalue weighted by Gasteiger charge is -2.01. The van der Waals surface area contributed by atoms with Crippen LogP contribution in [0, 0.1) is 0 Å². The first-order valence-electron chi connectivity index (χ1n) is 3.58. The van der Waals surface area contributed by atoms with Crippen molar-refractivity contribution in [3.63, 3.8) is 0 Å². The van der Waals surface area contributed by atoms with Gasteiger partial charge in [-0.25, -0.2) is 4.98 Å². The standard InChI is InChI=1S/C9H4Cl3N/c10-5-1-2-6-7(3-5)9(12)13-4-8(6)11/h1-4H. The van der Waals surface area contributed by atoms with Crippen LogP contribution in [-0.2, 0) is 0 Å². The number of hydrogen-bond donors (Lipinski definition) is 0. The van der Waals surface area contributed by atoms with Crippen molar-refractivity contribution in [1.29, 1.82) is 0 Å². The van der Waals surface area contributed by atoms with E-state index in [9.17, 15) is 0 Å². The van der Waals surface area contributed by atoms with E-state index in [-0.39, 0.29) is 0 Å². The molecule has 4 heteroatoms. The van der Waals surface area contributed by atoms with Crippen molar-refractivity contribution >= 4 is 45.6 Å². The van der Waals surface area contributed by atoms with Crippen molar-refractivity contribution in [1.82, 2.24) is 4.98 Å². The predicted molar refractivity (Wildman–Crippen MR) is 56.8 cm³/mol. The van der Waals surface area contributed by atoms with Crippen LogP contribution < -0.4 is 0 Å². The molecule has 0 aliphatic carbocycles. The first kappa shape index (κ1) is 9.07. The van der Waals surface area contributed by atoms with Gasteiger partial charge in [0.2, 0.25) is 0 Å². The second-order valence-electron chi connectivity index (χ2n) is 2.59. The van der Waals surface area contributed by atoms with Gasteiger partial charge in [0, 0.05) is 22.0 Å². The fourth-order valence-electron chi connectivity index (χ4n) is 1.15. The van der Waals surface area contributed by atoms with E-state index < -0.39 is 0 Å². The molecule has 0 bridgehead atoms. The number of nitrogens with zero attached hydrogens (tertiary/aromatic N) is 1. The lowest BCUT2D eigenvalue weighted by molar-refractivity contribution is 1.36. The molecule has 0 radical (unpaired) electrons. The second-order valence-corrected chi connectivity index (χ2v) is 3.79. The summed E-state index contributed by atoms with van der Waals surface area (Å²) >= 11 is 17.6. The zero-order valence-corrected chi connectivity index (χ0v) is 8.66. The van der Waals surface area contributed by atoms with Gasteiger partial charge in [0.15, 0.2) is 0 Å². The zero-order chi connectivity index (χ0) is 9.42. The topological polar surface area (TPSA) is 12.9 Å². The Kier molecular flexibility index (Phi) is 2.33. The summed E-state index contributed by atoms with van der Waals surface area (Å²) < 4.78 is 0. The third kappa shape index (κ3) is 1.60. The molecule has 0 unspecified atom stereocenters. The monoisotopic (exact) mass is 231 g/mol. The van der Waals surface area contributed by atoms with E-state index in [2.05, 4.69) is 4.98 Å². The third-order valence-corrected chi connectivity index (χ3v) is 2.59. The van der Waals surface area contributed by atoms with Crippen LogP contribution in [0.25, 0.3) is 10.8 Å². The average Bonchev–Trinajstić information content (AvgIpc) is 2.12. The maximum atomic E-state index is 5.92. The molecule has 0 spiro atoms. The Morgan fingerprint density at radius 3 is 2.54 bits per heavy atom. The van der Waals surface area contributed by atoms with Gasteiger partial charge in [0.1, 0.15) is 5.15 Å². The van der Waals surface area contributed by atoms with Crippen LogP contribution in [-0.4, -0.2) is 4.98 Å². The maximum Gasteiger partial charge on any atom is 0.136 e. The smallest absolute Gasteiger partial charge is 0.136 e. The molecular weight excluding hydrogens is 228 g/mol. The molecule has 1 nitrogen and oxygen atoms in total. The molecule has 1 aromatic heterocycles. The molecule has 13 heavy (non-hydrogen) atoms. The van der Waals surface area contributed by atoms with Crippen LogP contribution in [0.4, 0.5) is 0 Å². The van der Waals surface area contributed by atoms with Crippen LogP contribution in [0.5, 0.6) is 0 Å². The van der Waals surface area contributed by atoms with Gasteiger partial charge < -0.3 is 0 Å². The van der Waals surface area contributed by atoms with Gasteiger partial charge in [0.05, 0.1) is 5.02 Å². The van der Waals surface area contributed by atoms with Crippen LogP contribution in [0.3, 0.4) is 0 Å². The number of hydrogen-bond acceptors (Lipinski definition) is 1. The van der Waals surface area contributed by atoms with E-state index in [0.717, 1.165) is 10.8 Å². The summed E-state index contributed by atoms with van der Waals surface area (Å²) in [5, 5.41) is 3.27. The van der Waals surface area contributed by atoms with Crippen molar-refractivity contribution in [2.75, 3.05) is 0 Å². The molecule has 0 saturated carbocycles. The van der Waals surface area contributed by atoms with Crippen molar-refractivity contribution < 1.29 is 0 Å². The molecule has 0 fully saturated rings. The summed E-state index contributed by atoms with van der Waals surface area (Å²) in [5.41, 5.74) is 0. The highest BCUT2D eigenvalue weighted by molar-refractivity contribution is 6.40. The van der Waals surface area contributed by atoms with E-state index in [4.69, 9.17) is 34.8 Å². The van der Waals surface area contributed by atoms with Gasteiger partial charge in [0.25, 0.3) is 0 Å². The Bertz CT molecular complexity index is 468. The lowest BCUT2D eigenvalue weighted by atomic mass is 10.2. The molecule has 66 valence electrons. The molecular formula is C9H4Cl3N. The van der Waals surface area contributed by atoms with Crippen molar-refractivity contribution in [3.05, 3.63) is 39.6 Å². The van der Waals surface area contributed by atoms with E-state index >= 15 is 0 Å². The number of benzene rings is 1. The minimum Gasteiger partial charge on any atom is -0.242 e. The first-order chi connectivity index (χ1) is 6.18. The fraction of sp³-hybridized carbons (Fsp3) is 0. The molecule has 0 aliphatic rings. The quantitative estimate of drug-likeness (QED) is 0.621. The largest absolute Gasteiger partial charge is 0.242 e. The summed E-state index contributed by atoms with van der Waals surface area (Å²) in [6.45, 7) is 0. The molecule has 0 N–H and O–H groups in total. The average molecular weight is 232 g/mol. The van der Waals surface area contributed by atoms with Crippen molar-refractivity contribution in [2.45, 2.75) is 0 Å². The Hall–Kier alpha value is -0.500. The molecule has 0 aliphatic heterocycles. The van der Waals surface area contributed by atoms with E-state index in [1.807, 2.05) is 6.07 Å². The summed E-state index contributed by atoms with van der Waals surface area (Å²) in [6.07, 6.45) is 1.53. The molecule has 0 saturated heterocycles. The van der Waals surface area contributed by atoms with Gasteiger partial charge in [-0.05, 0) is 12.1 Å². The zero-order valence-electron chi connectivity index (χ0n) is 6.39. The Morgan fingerprint density at radius 1 is 1.00 bits per heavy atom. The number of rotatable bonds is 0. The Balaban J connectivity index is 2.92. The van der Waals surface area contributed by atoms with Crippen LogP contribution in [0.15, 0.2) is 24.4 Å². The van der Waals surface area contributed by atoms with Gasteiger partial charge in [-0.2, -0.15) is 0 Å². The maximum absolute atomic E-state index is 5.92. The Morgan fingerprint density at radius 2 is 1.77 bits per heavy atom. The van der Waals surface area contributed by atoms with E-state index in [1.54, 1.807) is 12.1 Å². The minimum absolute atomic E-state index is 0.418. The Labute approximate surface area is 90.2 Å². The fourth-order valence-corrected chi connectivity index (χ4v) is 1.74. The van der Waals surface area contributed by atoms with Crippen LogP contribution >= 0.6 is 34.8 Å². The van der Waals surface area contributed by atoms with E-state index in [1.165, 1.54) is 6.20 Å². The van der Waals surface area contributed by atoms with E-state index in [0.29, 0.717) is 15.2 Å². The first-order valence-corrected chi connectivity index (χ1v) is 4.71. The number of fused-ring (bicyclic) bond motifs is 1. The van der Waals surface area contributed by atoms with Crippen molar-refractivity contribution in [2.24, 2.45) is 0 Å². The van der Waals surface area contributed by atoms with Crippen LogP contribution in [0.2, 0.25) is 15.2 Å². The highest BCUT2D eigenvalue weighted by Gasteiger charge is 2.04. The van der Waals surface area contributed by atoms with Crippen LogP contribution in [0.1, 0.15) is 0 Å². The predicted octanol–water partition coefficient (Wildman–Crippen LogP) is 4.20. The van der Waals surface area contributed by atoms with Crippen molar-refractivity contribution in [3.8, 4) is 0 Å². The summed E-state index contributed by atoms with van der Waals surface area (Å²) in [6, 6.07) is 5.35. The van der Waals surface area contributed by atoms with Gasteiger partial charge in [-0.15, -0.1) is 0 Å². The second kappa shape index (κ2) is 3.33. The van der Waals surface area contributed by atoms with Gasteiger partial charge in [-0.1, -0.05) is 40.9 Å².